The third-order valence-corrected chi connectivity index (χ3v) is 4.79. The highest BCUT2D eigenvalue weighted by molar-refractivity contribution is 7.13. The van der Waals surface area contributed by atoms with Crippen molar-refractivity contribution >= 4 is 11.3 Å². The largest absolute Gasteiger partial charge is 0.293 e. The first-order valence-electron chi connectivity index (χ1n) is 7.39. The molecule has 110 valence electrons. The Morgan fingerprint density at radius 1 is 1.05 bits per heavy atom. The summed E-state index contributed by atoms with van der Waals surface area (Å²) in [5.41, 5.74) is 4.03. The Hall–Kier alpha value is -2.11. The van der Waals surface area contributed by atoms with E-state index in [0.29, 0.717) is 5.82 Å². The van der Waals surface area contributed by atoms with E-state index in [-0.39, 0.29) is 0 Å². The highest BCUT2D eigenvalue weighted by Gasteiger charge is 2.17. The smallest absolute Gasteiger partial charge is 0.188 e. The summed E-state index contributed by atoms with van der Waals surface area (Å²) in [5, 5.41) is 3.01. The van der Waals surface area contributed by atoms with Crippen molar-refractivity contribution < 1.29 is 0 Å². The standard InChI is InChI=1S/C17H16N4S/c1-2-5-14-10-21(9-6-13(14)4-1)11-15-12-22-17(20-15)16-18-7-3-8-19-16/h1-5,7-8,12H,6,9-11H2. The molecule has 0 saturated carbocycles. The third-order valence-electron chi connectivity index (χ3n) is 3.90. The fourth-order valence-corrected chi connectivity index (χ4v) is 3.57. The first kappa shape index (κ1) is 13.5. The number of rotatable bonds is 3. The van der Waals surface area contributed by atoms with Gasteiger partial charge in [-0.2, -0.15) is 0 Å². The molecule has 0 N–H and O–H groups in total. The van der Waals surface area contributed by atoms with Crippen molar-refractivity contribution in [2.24, 2.45) is 0 Å². The van der Waals surface area contributed by atoms with E-state index < -0.39 is 0 Å². The van der Waals surface area contributed by atoms with E-state index in [4.69, 9.17) is 0 Å². The van der Waals surface area contributed by atoms with Crippen LogP contribution in [0, 0.1) is 0 Å². The molecule has 4 nitrogen and oxygen atoms in total. The van der Waals surface area contributed by atoms with Crippen molar-refractivity contribution in [2.45, 2.75) is 19.5 Å². The molecular weight excluding hydrogens is 292 g/mol. The molecule has 0 unspecified atom stereocenters. The van der Waals surface area contributed by atoms with Crippen LogP contribution in [-0.2, 0) is 19.5 Å². The van der Waals surface area contributed by atoms with Crippen molar-refractivity contribution in [1.29, 1.82) is 0 Å². The van der Waals surface area contributed by atoms with Gasteiger partial charge < -0.3 is 0 Å². The van der Waals surface area contributed by atoms with Crippen LogP contribution in [-0.4, -0.2) is 26.4 Å². The summed E-state index contributed by atoms with van der Waals surface area (Å²) in [6.45, 7) is 2.98. The lowest BCUT2D eigenvalue weighted by Gasteiger charge is -2.27. The van der Waals surface area contributed by atoms with Crippen molar-refractivity contribution in [3.05, 3.63) is 64.9 Å². The topological polar surface area (TPSA) is 41.9 Å². The summed E-state index contributed by atoms with van der Waals surface area (Å²) in [6.07, 6.45) is 4.63. The van der Waals surface area contributed by atoms with E-state index in [1.807, 2.05) is 6.07 Å². The minimum absolute atomic E-state index is 0.711. The molecule has 0 atom stereocenters. The van der Waals surface area contributed by atoms with Crippen LogP contribution in [0.25, 0.3) is 10.8 Å². The Morgan fingerprint density at radius 3 is 2.73 bits per heavy atom. The van der Waals surface area contributed by atoms with Crippen molar-refractivity contribution in [3.63, 3.8) is 0 Å². The van der Waals surface area contributed by atoms with Crippen molar-refractivity contribution in [3.8, 4) is 10.8 Å². The van der Waals surface area contributed by atoms with Crippen LogP contribution in [0.5, 0.6) is 0 Å². The van der Waals surface area contributed by atoms with Gasteiger partial charge >= 0.3 is 0 Å². The van der Waals surface area contributed by atoms with Gasteiger partial charge in [0.15, 0.2) is 10.8 Å². The van der Waals surface area contributed by atoms with E-state index >= 15 is 0 Å². The van der Waals surface area contributed by atoms with Crippen LogP contribution >= 0.6 is 11.3 Å². The van der Waals surface area contributed by atoms with E-state index in [1.165, 1.54) is 11.1 Å². The van der Waals surface area contributed by atoms with E-state index in [1.54, 1.807) is 23.7 Å². The fourth-order valence-electron chi connectivity index (χ4n) is 2.81. The zero-order chi connectivity index (χ0) is 14.8. The van der Waals surface area contributed by atoms with Crippen LogP contribution < -0.4 is 0 Å². The van der Waals surface area contributed by atoms with Gasteiger partial charge in [0, 0.05) is 37.4 Å². The minimum atomic E-state index is 0.711. The average molecular weight is 308 g/mol. The Bertz CT molecular complexity index is 769. The SMILES string of the molecule is c1cnc(-c2nc(CN3CCc4ccccc4C3)cs2)nc1. The maximum atomic E-state index is 4.68. The molecule has 0 amide bonds. The lowest BCUT2D eigenvalue weighted by Crippen LogP contribution is -2.30. The molecule has 0 bridgehead atoms. The number of aromatic nitrogens is 3. The molecule has 3 heterocycles. The molecule has 0 spiro atoms. The first-order valence-corrected chi connectivity index (χ1v) is 8.27. The molecule has 0 aliphatic carbocycles. The summed E-state index contributed by atoms with van der Waals surface area (Å²) >= 11 is 1.61. The normalized spacial score (nSPS) is 14.7. The average Bonchev–Trinajstić information content (AvgIpc) is 3.04. The lowest BCUT2D eigenvalue weighted by molar-refractivity contribution is 0.243. The molecule has 1 aliphatic rings. The quantitative estimate of drug-likeness (QED) is 0.745. The molecule has 4 rings (SSSR count). The van der Waals surface area contributed by atoms with Gasteiger partial charge in [0.1, 0.15) is 0 Å². The fraction of sp³-hybridized carbons (Fsp3) is 0.235. The number of nitrogens with zero attached hydrogens (tertiary/aromatic N) is 4. The number of benzene rings is 1. The van der Waals surface area contributed by atoms with Gasteiger partial charge in [0.05, 0.1) is 5.69 Å². The zero-order valence-electron chi connectivity index (χ0n) is 12.1. The van der Waals surface area contributed by atoms with Gasteiger partial charge in [-0.15, -0.1) is 11.3 Å². The number of hydrogen-bond acceptors (Lipinski definition) is 5. The number of thiazole rings is 1. The Kier molecular flexibility index (Phi) is 3.66. The summed E-state index contributed by atoms with van der Waals surface area (Å²) in [7, 11) is 0. The maximum absolute atomic E-state index is 4.68. The van der Waals surface area contributed by atoms with Gasteiger partial charge in [0.2, 0.25) is 0 Å². The minimum Gasteiger partial charge on any atom is -0.293 e. The summed E-state index contributed by atoms with van der Waals surface area (Å²) < 4.78 is 0. The summed E-state index contributed by atoms with van der Waals surface area (Å²) in [6, 6.07) is 10.5. The van der Waals surface area contributed by atoms with Gasteiger partial charge in [-0.25, -0.2) is 15.0 Å². The second-order valence-electron chi connectivity index (χ2n) is 5.45. The lowest BCUT2D eigenvalue weighted by atomic mass is 10.00. The van der Waals surface area contributed by atoms with Crippen molar-refractivity contribution in [2.75, 3.05) is 6.54 Å². The highest BCUT2D eigenvalue weighted by Crippen LogP contribution is 2.23. The Morgan fingerprint density at radius 2 is 1.86 bits per heavy atom. The van der Waals surface area contributed by atoms with Gasteiger partial charge in [-0.3, -0.25) is 4.90 Å². The van der Waals surface area contributed by atoms with Crippen LogP contribution in [0.1, 0.15) is 16.8 Å². The molecule has 5 heteroatoms. The molecule has 2 aromatic heterocycles. The summed E-state index contributed by atoms with van der Waals surface area (Å²) in [4.78, 5) is 15.7. The number of fused-ring (bicyclic) bond motifs is 1. The van der Waals surface area contributed by atoms with Gasteiger partial charge in [-0.1, -0.05) is 24.3 Å². The highest BCUT2D eigenvalue weighted by atomic mass is 32.1. The molecule has 0 saturated heterocycles. The molecule has 3 aromatic rings. The second-order valence-corrected chi connectivity index (χ2v) is 6.30. The predicted molar refractivity (Wildman–Crippen MR) is 87.4 cm³/mol. The molecule has 1 aliphatic heterocycles. The van der Waals surface area contributed by atoms with Gasteiger partial charge in [-0.05, 0) is 23.6 Å². The second kappa shape index (κ2) is 5.94. The third kappa shape index (κ3) is 2.77. The predicted octanol–water partition coefficient (Wildman–Crippen LogP) is 3.16. The molecule has 0 radical (unpaired) electrons. The number of hydrogen-bond donors (Lipinski definition) is 0. The van der Waals surface area contributed by atoms with Crippen LogP contribution in [0.2, 0.25) is 0 Å². The van der Waals surface area contributed by atoms with Gasteiger partial charge in [0.25, 0.3) is 0 Å². The molecular formula is C17H16N4S. The maximum Gasteiger partial charge on any atom is 0.188 e. The zero-order valence-corrected chi connectivity index (χ0v) is 13.0. The summed E-state index contributed by atoms with van der Waals surface area (Å²) in [5.74, 6) is 0.711. The monoisotopic (exact) mass is 308 g/mol. The van der Waals surface area contributed by atoms with Crippen LogP contribution in [0.4, 0.5) is 0 Å². The van der Waals surface area contributed by atoms with E-state index in [0.717, 1.165) is 36.8 Å². The Labute approximate surface area is 133 Å². The first-order chi connectivity index (χ1) is 10.9. The van der Waals surface area contributed by atoms with Crippen molar-refractivity contribution in [1.82, 2.24) is 19.9 Å². The molecule has 1 aromatic carbocycles. The Balaban J connectivity index is 1.48. The molecule has 22 heavy (non-hydrogen) atoms. The van der Waals surface area contributed by atoms with Crippen LogP contribution in [0.15, 0.2) is 48.1 Å². The van der Waals surface area contributed by atoms with E-state index in [9.17, 15) is 0 Å². The molecule has 0 fully saturated rings. The van der Waals surface area contributed by atoms with E-state index in [2.05, 4.69) is 49.5 Å². The van der Waals surface area contributed by atoms with Crippen LogP contribution in [0.3, 0.4) is 0 Å².